The van der Waals surface area contributed by atoms with Crippen LogP contribution in [0.4, 0.5) is 5.69 Å². The molecule has 9 heteroatoms. The zero-order valence-corrected chi connectivity index (χ0v) is 18.5. The summed E-state index contributed by atoms with van der Waals surface area (Å²) >= 11 is 0. The van der Waals surface area contributed by atoms with Crippen molar-refractivity contribution in [2.75, 3.05) is 37.6 Å². The van der Waals surface area contributed by atoms with Gasteiger partial charge in [-0.3, -0.25) is 0 Å². The first kappa shape index (κ1) is 21.3. The highest BCUT2D eigenvalue weighted by Crippen LogP contribution is 2.27. The number of nitrogens with one attached hydrogen (secondary N) is 1. The molecule has 0 unspecified atom stereocenters. The maximum atomic E-state index is 12.6. The monoisotopic (exact) mass is 449 g/mol. The summed E-state index contributed by atoms with van der Waals surface area (Å²) in [5.41, 5.74) is 2.57. The number of para-hydroxylation sites is 1. The van der Waals surface area contributed by atoms with E-state index in [4.69, 9.17) is 0 Å². The van der Waals surface area contributed by atoms with Crippen molar-refractivity contribution in [1.29, 1.82) is 0 Å². The zero-order chi connectivity index (χ0) is 21.2. The van der Waals surface area contributed by atoms with E-state index in [1.807, 2.05) is 12.1 Å². The summed E-state index contributed by atoms with van der Waals surface area (Å²) in [7, 11) is -7.22. The molecule has 0 spiro atoms. The van der Waals surface area contributed by atoms with E-state index in [9.17, 15) is 16.8 Å². The van der Waals surface area contributed by atoms with Gasteiger partial charge in [-0.2, -0.15) is 4.31 Å². The Kier molecular flexibility index (Phi) is 6.15. The second-order valence-corrected chi connectivity index (χ2v) is 11.4. The summed E-state index contributed by atoms with van der Waals surface area (Å²) in [5, 5.41) is 0. The van der Waals surface area contributed by atoms with E-state index >= 15 is 0 Å². The van der Waals surface area contributed by atoms with Gasteiger partial charge in [-0.15, -0.1) is 0 Å². The van der Waals surface area contributed by atoms with Crippen LogP contribution in [0.5, 0.6) is 0 Å². The van der Waals surface area contributed by atoms with Crippen molar-refractivity contribution >= 4 is 25.7 Å². The first-order valence-corrected chi connectivity index (χ1v) is 13.2. The zero-order valence-electron chi connectivity index (χ0n) is 16.8. The second kappa shape index (κ2) is 8.66. The summed E-state index contributed by atoms with van der Waals surface area (Å²) in [6.07, 6.45) is 3.43. The van der Waals surface area contributed by atoms with Crippen LogP contribution in [0, 0.1) is 0 Å². The van der Waals surface area contributed by atoms with Crippen LogP contribution in [0.3, 0.4) is 0 Å². The van der Waals surface area contributed by atoms with E-state index in [-0.39, 0.29) is 9.79 Å². The Morgan fingerprint density at radius 1 is 0.833 bits per heavy atom. The molecule has 2 heterocycles. The van der Waals surface area contributed by atoms with Crippen LogP contribution in [-0.4, -0.2) is 53.9 Å². The van der Waals surface area contributed by atoms with Gasteiger partial charge in [0.05, 0.1) is 9.79 Å². The molecule has 1 fully saturated rings. The number of anilines is 1. The minimum absolute atomic E-state index is 0.0781. The quantitative estimate of drug-likeness (QED) is 0.625. The first-order valence-electron chi connectivity index (χ1n) is 10.3. The van der Waals surface area contributed by atoms with Crippen LogP contribution >= 0.6 is 0 Å². The minimum atomic E-state index is -3.67. The molecule has 1 N–H and O–H groups in total. The molecule has 0 aliphatic carbocycles. The Labute approximate surface area is 178 Å². The van der Waals surface area contributed by atoms with Gasteiger partial charge in [-0.05, 0) is 61.6 Å². The Hall–Kier alpha value is -1.94. The molecule has 0 bridgehead atoms. The molecule has 0 atom stereocenters. The van der Waals surface area contributed by atoms with Crippen LogP contribution in [0.1, 0.15) is 24.8 Å². The van der Waals surface area contributed by atoms with Crippen LogP contribution < -0.4 is 9.62 Å². The van der Waals surface area contributed by atoms with E-state index in [0.717, 1.165) is 32.4 Å². The summed E-state index contributed by atoms with van der Waals surface area (Å²) in [5.74, 6) is 0. The van der Waals surface area contributed by atoms with Crippen molar-refractivity contribution < 1.29 is 16.8 Å². The van der Waals surface area contributed by atoms with Crippen molar-refractivity contribution in [2.24, 2.45) is 0 Å². The van der Waals surface area contributed by atoms with Crippen LogP contribution in [0.2, 0.25) is 0 Å². The summed E-state index contributed by atoms with van der Waals surface area (Å²) in [6.45, 7) is 3.11. The smallest absolute Gasteiger partial charge is 0.243 e. The molecular weight excluding hydrogens is 422 g/mol. The number of rotatable bonds is 8. The lowest BCUT2D eigenvalue weighted by Gasteiger charge is -2.19. The number of hydrogen-bond acceptors (Lipinski definition) is 5. The number of fused-ring (bicyclic) bond motifs is 1. The number of benzene rings is 2. The largest absolute Gasteiger partial charge is 0.371 e. The van der Waals surface area contributed by atoms with Crippen LogP contribution in [0.25, 0.3) is 0 Å². The topological polar surface area (TPSA) is 86.8 Å². The lowest BCUT2D eigenvalue weighted by Crippen LogP contribution is -2.29. The van der Waals surface area contributed by atoms with E-state index in [1.165, 1.54) is 39.8 Å². The Morgan fingerprint density at radius 3 is 2.23 bits per heavy atom. The molecule has 0 aromatic heterocycles. The Morgan fingerprint density at radius 2 is 1.50 bits per heavy atom. The molecule has 0 amide bonds. The van der Waals surface area contributed by atoms with Crippen LogP contribution in [0.15, 0.2) is 58.3 Å². The standard InChI is InChI=1S/C21H27N3O4S2/c25-29(26,22-13-5-14-23-17-12-18-6-1-2-7-21(18)23)19-8-10-20(11-9-19)30(27,28)24-15-3-4-16-24/h1-2,6-11,22H,3-5,12-17H2. The van der Waals surface area contributed by atoms with Crippen molar-refractivity contribution in [1.82, 2.24) is 9.03 Å². The second-order valence-electron chi connectivity index (χ2n) is 7.70. The van der Waals surface area contributed by atoms with Gasteiger partial charge < -0.3 is 4.90 Å². The molecule has 2 aliphatic rings. The van der Waals surface area contributed by atoms with Gasteiger partial charge >= 0.3 is 0 Å². The van der Waals surface area contributed by atoms with Crippen LogP contribution in [-0.2, 0) is 26.5 Å². The molecule has 7 nitrogen and oxygen atoms in total. The summed E-state index contributed by atoms with van der Waals surface area (Å²) < 4.78 is 54.3. The molecular formula is C21H27N3O4S2. The van der Waals surface area contributed by atoms with Gasteiger partial charge in [0.25, 0.3) is 0 Å². The van der Waals surface area contributed by atoms with Crippen molar-refractivity contribution in [3.05, 3.63) is 54.1 Å². The van der Waals surface area contributed by atoms with Gasteiger partial charge in [-0.1, -0.05) is 18.2 Å². The predicted molar refractivity (Wildman–Crippen MR) is 117 cm³/mol. The van der Waals surface area contributed by atoms with E-state index in [2.05, 4.69) is 21.8 Å². The molecule has 2 aromatic rings. The fourth-order valence-corrected chi connectivity index (χ4v) is 6.66. The molecule has 0 saturated carbocycles. The third kappa shape index (κ3) is 4.39. The van der Waals surface area contributed by atoms with Gasteiger partial charge in [0.1, 0.15) is 0 Å². The molecule has 30 heavy (non-hydrogen) atoms. The maximum Gasteiger partial charge on any atom is 0.243 e. The molecule has 1 saturated heterocycles. The van der Waals surface area contributed by atoms with E-state index in [1.54, 1.807) is 0 Å². The predicted octanol–water partition coefficient (Wildman–Crippen LogP) is 2.20. The molecule has 2 aliphatic heterocycles. The molecule has 2 aromatic carbocycles. The SMILES string of the molecule is O=S(=O)(NCCCN1CCc2ccccc21)c1ccc(S(=O)(=O)N2CCCC2)cc1. The first-order chi connectivity index (χ1) is 14.4. The Balaban J connectivity index is 1.33. The fraction of sp³-hybridized carbons (Fsp3) is 0.429. The summed E-state index contributed by atoms with van der Waals surface area (Å²) in [4.78, 5) is 2.49. The lowest BCUT2D eigenvalue weighted by molar-refractivity contribution is 0.477. The maximum absolute atomic E-state index is 12.6. The van der Waals surface area contributed by atoms with Gasteiger partial charge in [0.15, 0.2) is 0 Å². The van der Waals surface area contributed by atoms with Gasteiger partial charge in [-0.25, -0.2) is 21.6 Å². The average Bonchev–Trinajstić information content (AvgIpc) is 3.42. The molecule has 0 radical (unpaired) electrons. The highest BCUT2D eigenvalue weighted by Gasteiger charge is 2.27. The number of hydrogen-bond donors (Lipinski definition) is 1. The molecule has 4 rings (SSSR count). The minimum Gasteiger partial charge on any atom is -0.371 e. The van der Waals surface area contributed by atoms with E-state index in [0.29, 0.717) is 26.1 Å². The lowest BCUT2D eigenvalue weighted by atomic mass is 10.2. The van der Waals surface area contributed by atoms with Gasteiger partial charge in [0, 0.05) is 38.4 Å². The third-order valence-corrected chi connectivity index (χ3v) is 9.11. The highest BCUT2D eigenvalue weighted by atomic mass is 32.2. The van der Waals surface area contributed by atoms with Crippen molar-refractivity contribution in [3.63, 3.8) is 0 Å². The van der Waals surface area contributed by atoms with Gasteiger partial charge in [0.2, 0.25) is 20.0 Å². The average molecular weight is 450 g/mol. The Bertz CT molecular complexity index is 1090. The normalized spacial score (nSPS) is 17.4. The third-order valence-electron chi connectivity index (χ3n) is 5.72. The number of nitrogens with zero attached hydrogens (tertiary/aromatic N) is 2. The van der Waals surface area contributed by atoms with Crippen molar-refractivity contribution in [2.45, 2.75) is 35.5 Å². The highest BCUT2D eigenvalue weighted by molar-refractivity contribution is 7.89. The van der Waals surface area contributed by atoms with Crippen molar-refractivity contribution in [3.8, 4) is 0 Å². The summed E-state index contributed by atoms with van der Waals surface area (Å²) in [6, 6.07) is 13.8. The fourth-order valence-electron chi connectivity index (χ4n) is 4.07. The molecule has 162 valence electrons. The van der Waals surface area contributed by atoms with E-state index < -0.39 is 20.0 Å². The number of sulfonamides is 2.